The third kappa shape index (κ3) is 2.80. The van der Waals surface area contributed by atoms with Crippen LogP contribution in [0, 0.1) is 0 Å². The van der Waals surface area contributed by atoms with E-state index in [-0.39, 0.29) is 5.16 Å². The molecule has 1 unspecified atom stereocenters. The lowest BCUT2D eigenvalue weighted by molar-refractivity contribution is 0.413. The minimum absolute atomic E-state index is 0.208. The molecule has 1 N–H and O–H groups in total. The summed E-state index contributed by atoms with van der Waals surface area (Å²) in [5, 5.41) is -0.208. The molecule has 19 heavy (non-hydrogen) atoms. The van der Waals surface area contributed by atoms with Crippen molar-refractivity contribution in [2.24, 2.45) is 0 Å². The van der Waals surface area contributed by atoms with Crippen LogP contribution in [0.25, 0.3) is 5.69 Å². The molecular weight excluding hydrogens is 259 g/mol. The molecule has 1 heterocycles. The molecule has 0 aliphatic rings. The van der Waals surface area contributed by atoms with Gasteiger partial charge in [0.05, 0.1) is 12.8 Å². The maximum atomic E-state index is 10.5. The molecule has 0 saturated heterocycles. The van der Waals surface area contributed by atoms with E-state index in [1.807, 2.05) is 55.8 Å². The van der Waals surface area contributed by atoms with Gasteiger partial charge in [0.25, 0.3) is 0 Å². The molecule has 5 heteroatoms. The first kappa shape index (κ1) is 14.0. The van der Waals surface area contributed by atoms with Gasteiger partial charge in [-0.25, -0.2) is 4.98 Å². The van der Waals surface area contributed by atoms with Crippen LogP contribution in [0.3, 0.4) is 0 Å². The number of para-hydroxylation sites is 2. The zero-order chi connectivity index (χ0) is 14.0. The Morgan fingerprint density at radius 2 is 1.95 bits per heavy atom. The van der Waals surface area contributed by atoms with Crippen LogP contribution < -0.4 is 10.3 Å². The minimum Gasteiger partial charge on any atom is -0.495 e. The largest absolute Gasteiger partial charge is 0.495 e. The normalized spacial score (nSPS) is 13.3. The summed E-state index contributed by atoms with van der Waals surface area (Å²) in [6, 6.07) is 7.72. The molecule has 0 fully saturated rings. The van der Waals surface area contributed by atoms with Crippen molar-refractivity contribution in [2.45, 2.75) is 25.9 Å². The SMILES string of the molecule is COc1ccccc1-n1ccnc1P(O)C(C)(C)C. The van der Waals surface area contributed by atoms with Gasteiger partial charge in [0.1, 0.15) is 13.9 Å². The summed E-state index contributed by atoms with van der Waals surface area (Å²) < 4.78 is 7.27. The van der Waals surface area contributed by atoms with Gasteiger partial charge in [-0.15, -0.1) is 0 Å². The Hall–Kier alpha value is -1.38. The lowest BCUT2D eigenvalue weighted by Crippen LogP contribution is -2.25. The molecule has 0 amide bonds. The smallest absolute Gasteiger partial charge is 0.164 e. The van der Waals surface area contributed by atoms with Crippen LogP contribution in [0.4, 0.5) is 0 Å². The number of imidazole rings is 1. The quantitative estimate of drug-likeness (QED) is 0.878. The first-order valence-electron chi connectivity index (χ1n) is 6.11. The predicted octanol–water partition coefficient (Wildman–Crippen LogP) is 2.69. The van der Waals surface area contributed by atoms with Gasteiger partial charge in [-0.3, -0.25) is 4.57 Å². The Balaban J connectivity index is 2.50. The zero-order valence-electron chi connectivity index (χ0n) is 11.7. The molecule has 0 saturated carbocycles. The van der Waals surface area contributed by atoms with Crippen LogP contribution in [-0.2, 0) is 0 Å². The van der Waals surface area contributed by atoms with Crippen molar-refractivity contribution in [2.75, 3.05) is 7.11 Å². The molecule has 0 spiro atoms. The van der Waals surface area contributed by atoms with E-state index in [9.17, 15) is 4.89 Å². The number of nitrogens with zero attached hydrogens (tertiary/aromatic N) is 2. The van der Waals surface area contributed by atoms with E-state index in [0.717, 1.165) is 11.4 Å². The molecule has 4 nitrogen and oxygen atoms in total. The predicted molar refractivity (Wildman–Crippen MR) is 78.6 cm³/mol. The fraction of sp³-hybridized carbons (Fsp3) is 0.357. The van der Waals surface area contributed by atoms with E-state index in [0.29, 0.717) is 5.57 Å². The van der Waals surface area contributed by atoms with E-state index < -0.39 is 8.15 Å². The Kier molecular flexibility index (Phi) is 3.93. The van der Waals surface area contributed by atoms with Gasteiger partial charge in [-0.2, -0.15) is 0 Å². The Labute approximate surface area is 114 Å². The van der Waals surface area contributed by atoms with Crippen molar-refractivity contribution in [3.63, 3.8) is 0 Å². The highest BCUT2D eigenvalue weighted by atomic mass is 31.1. The summed E-state index contributed by atoms with van der Waals surface area (Å²) in [6.45, 7) is 6.04. The standard InChI is InChI=1S/C14H19N2O2P/c1-14(2,3)19(17)13-15-9-10-16(13)11-7-5-6-8-12(11)18-4/h5-10,17H,1-4H3. The van der Waals surface area contributed by atoms with Crippen molar-refractivity contribution >= 4 is 13.7 Å². The van der Waals surface area contributed by atoms with Crippen molar-refractivity contribution in [3.8, 4) is 11.4 Å². The number of hydrogen-bond donors (Lipinski definition) is 1. The molecule has 0 bridgehead atoms. The van der Waals surface area contributed by atoms with E-state index in [1.54, 1.807) is 13.3 Å². The summed E-state index contributed by atoms with van der Waals surface area (Å²) in [7, 11) is 0.295. The van der Waals surface area contributed by atoms with Crippen molar-refractivity contribution < 1.29 is 9.63 Å². The van der Waals surface area contributed by atoms with E-state index in [2.05, 4.69) is 4.98 Å². The molecule has 0 aliphatic carbocycles. The van der Waals surface area contributed by atoms with E-state index >= 15 is 0 Å². The van der Waals surface area contributed by atoms with Crippen molar-refractivity contribution in [3.05, 3.63) is 36.7 Å². The third-order valence-corrected chi connectivity index (χ3v) is 4.77. The monoisotopic (exact) mass is 278 g/mol. The van der Waals surface area contributed by atoms with Gasteiger partial charge < -0.3 is 9.63 Å². The highest BCUT2D eigenvalue weighted by molar-refractivity contribution is 7.61. The Morgan fingerprint density at radius 3 is 2.58 bits per heavy atom. The molecule has 102 valence electrons. The first-order valence-corrected chi connectivity index (χ1v) is 7.40. The van der Waals surface area contributed by atoms with Gasteiger partial charge in [-0.1, -0.05) is 32.9 Å². The summed E-state index contributed by atoms with van der Waals surface area (Å²) in [6.07, 6.45) is 3.56. The molecule has 0 radical (unpaired) electrons. The highest BCUT2D eigenvalue weighted by Gasteiger charge is 2.28. The van der Waals surface area contributed by atoms with Crippen LogP contribution in [0.5, 0.6) is 5.75 Å². The second kappa shape index (κ2) is 5.32. The Morgan fingerprint density at radius 1 is 1.26 bits per heavy atom. The van der Waals surface area contributed by atoms with Crippen LogP contribution in [-0.4, -0.2) is 26.7 Å². The molecule has 1 aromatic carbocycles. The molecule has 2 aromatic rings. The summed E-state index contributed by atoms with van der Waals surface area (Å²) in [5.41, 5.74) is 1.58. The number of ether oxygens (including phenoxy) is 1. The summed E-state index contributed by atoms with van der Waals surface area (Å²) in [4.78, 5) is 14.8. The van der Waals surface area contributed by atoms with Gasteiger partial charge >= 0.3 is 0 Å². The number of rotatable bonds is 3. The van der Waals surface area contributed by atoms with Crippen LogP contribution in [0.1, 0.15) is 20.8 Å². The van der Waals surface area contributed by atoms with E-state index in [4.69, 9.17) is 4.74 Å². The second-order valence-electron chi connectivity index (χ2n) is 5.25. The average molecular weight is 278 g/mol. The number of methoxy groups -OCH3 is 1. The van der Waals surface area contributed by atoms with Crippen LogP contribution >= 0.6 is 8.15 Å². The lowest BCUT2D eigenvalue weighted by Gasteiger charge is -2.25. The fourth-order valence-corrected chi connectivity index (χ4v) is 2.92. The summed E-state index contributed by atoms with van der Waals surface area (Å²) >= 11 is 0. The van der Waals surface area contributed by atoms with Crippen LogP contribution in [0.2, 0.25) is 0 Å². The maximum Gasteiger partial charge on any atom is 0.164 e. The molecule has 2 rings (SSSR count). The van der Waals surface area contributed by atoms with Crippen molar-refractivity contribution in [1.29, 1.82) is 0 Å². The number of hydrogen-bond acceptors (Lipinski definition) is 3. The van der Waals surface area contributed by atoms with Gasteiger partial charge in [-0.05, 0) is 12.1 Å². The number of benzene rings is 1. The molecule has 1 atom stereocenters. The topological polar surface area (TPSA) is 47.3 Å². The Bertz CT molecular complexity index is 561. The minimum atomic E-state index is -1.35. The van der Waals surface area contributed by atoms with Gasteiger partial charge in [0.15, 0.2) is 5.57 Å². The van der Waals surface area contributed by atoms with Gasteiger partial charge in [0, 0.05) is 17.5 Å². The lowest BCUT2D eigenvalue weighted by atomic mass is 10.3. The highest BCUT2D eigenvalue weighted by Crippen LogP contribution is 2.44. The van der Waals surface area contributed by atoms with Crippen LogP contribution in [0.15, 0.2) is 36.7 Å². The maximum absolute atomic E-state index is 10.5. The molecule has 0 aliphatic heterocycles. The fourth-order valence-electron chi connectivity index (χ4n) is 1.77. The second-order valence-corrected chi connectivity index (χ2v) is 7.62. The molecular formula is C14H19N2O2P. The third-order valence-electron chi connectivity index (χ3n) is 2.79. The number of aromatic nitrogens is 2. The summed E-state index contributed by atoms with van der Waals surface area (Å²) in [5.74, 6) is 0.763. The first-order chi connectivity index (χ1) is 8.95. The molecule has 1 aromatic heterocycles. The zero-order valence-corrected chi connectivity index (χ0v) is 12.6. The van der Waals surface area contributed by atoms with Gasteiger partial charge in [0.2, 0.25) is 0 Å². The average Bonchev–Trinajstić information content (AvgIpc) is 2.85. The van der Waals surface area contributed by atoms with Crippen molar-refractivity contribution in [1.82, 2.24) is 9.55 Å². The van der Waals surface area contributed by atoms with E-state index in [1.165, 1.54) is 0 Å².